The van der Waals surface area contributed by atoms with Gasteiger partial charge in [0, 0.05) is 11.8 Å². The lowest BCUT2D eigenvalue weighted by atomic mass is 10.3. The normalized spacial score (nSPS) is 11.3. The van der Waals surface area contributed by atoms with Gasteiger partial charge in [0.15, 0.2) is 0 Å². The van der Waals surface area contributed by atoms with Gasteiger partial charge in [-0.3, -0.25) is 4.79 Å². The van der Waals surface area contributed by atoms with Crippen molar-refractivity contribution in [3.8, 4) is 0 Å². The first kappa shape index (κ1) is 38.5. The van der Waals surface area contributed by atoms with Gasteiger partial charge in [0.1, 0.15) is 6.61 Å². The molecule has 0 radical (unpaired) electrons. The molecule has 0 spiro atoms. The molecule has 12 nitrogen and oxygen atoms in total. The molecule has 0 fully saturated rings. The molecule has 39 heavy (non-hydrogen) atoms. The van der Waals surface area contributed by atoms with Crippen molar-refractivity contribution in [3.05, 3.63) is 0 Å². The lowest BCUT2D eigenvalue weighted by molar-refractivity contribution is -0.145. The van der Waals surface area contributed by atoms with Crippen LogP contribution in [0, 0.1) is 0 Å². The smallest absolute Gasteiger partial charge is 0.305 e. The van der Waals surface area contributed by atoms with Gasteiger partial charge in [-0.2, -0.15) is 0 Å². The highest BCUT2D eigenvalue weighted by Gasteiger charge is 2.00. The van der Waals surface area contributed by atoms with Gasteiger partial charge in [-0.25, -0.2) is 0 Å². The fraction of sp³-hybridized carbons (Fsp3) is 0.962. The van der Waals surface area contributed by atoms with Crippen LogP contribution in [0.2, 0.25) is 0 Å². The van der Waals surface area contributed by atoms with Gasteiger partial charge in [-0.05, 0) is 6.42 Å². The van der Waals surface area contributed by atoms with Crippen molar-refractivity contribution in [1.82, 2.24) is 0 Å². The van der Waals surface area contributed by atoms with Gasteiger partial charge in [-0.1, -0.05) is 22.9 Å². The number of hydrogen-bond donors (Lipinski definition) is 0. The summed E-state index contributed by atoms with van der Waals surface area (Å²) in [4.78, 5) is 11.2. The molecule has 0 unspecified atom stereocenters. The molecule has 0 heterocycles. The minimum Gasteiger partial charge on any atom is -0.463 e. The first-order chi connectivity index (χ1) is 19.3. The molecule has 13 heteroatoms. The molecule has 0 aliphatic heterocycles. The Kier molecular flexibility index (Phi) is 35.2. The second-order valence-corrected chi connectivity index (χ2v) is 8.58. The van der Waals surface area contributed by atoms with Crippen molar-refractivity contribution < 1.29 is 56.9 Å². The van der Waals surface area contributed by atoms with E-state index < -0.39 is 0 Å². The van der Waals surface area contributed by atoms with Crippen LogP contribution in [-0.2, 0) is 56.9 Å². The summed E-state index contributed by atoms with van der Waals surface area (Å²) >= 11 is 3.30. The standard InChI is InChI=1S/C26H51BrO12/c1-2-3-26(28)39-25-24-38-23-22-37-21-20-36-19-18-35-17-16-34-15-14-33-13-12-32-11-10-31-9-8-30-7-6-29-5-4-27/h2-25H2,1H3. The summed E-state index contributed by atoms with van der Waals surface area (Å²) in [5.41, 5.74) is 0. The largest absolute Gasteiger partial charge is 0.463 e. The molecule has 0 aliphatic rings. The molecule has 0 aromatic heterocycles. The lowest BCUT2D eigenvalue weighted by Crippen LogP contribution is -2.15. The predicted octanol–water partition coefficient (Wildman–Crippen LogP) is 1.89. The highest BCUT2D eigenvalue weighted by molar-refractivity contribution is 9.09. The van der Waals surface area contributed by atoms with Crippen molar-refractivity contribution in [2.24, 2.45) is 0 Å². The summed E-state index contributed by atoms with van der Waals surface area (Å²) < 4.78 is 59.0. The van der Waals surface area contributed by atoms with Crippen LogP contribution in [-0.4, -0.2) is 150 Å². The Morgan fingerprint density at radius 1 is 0.410 bits per heavy atom. The van der Waals surface area contributed by atoms with Crippen molar-refractivity contribution in [1.29, 1.82) is 0 Å². The van der Waals surface area contributed by atoms with Crippen molar-refractivity contribution in [2.45, 2.75) is 19.8 Å². The number of halogens is 1. The maximum absolute atomic E-state index is 11.2. The van der Waals surface area contributed by atoms with E-state index in [0.29, 0.717) is 139 Å². The van der Waals surface area contributed by atoms with E-state index in [2.05, 4.69) is 15.9 Å². The Morgan fingerprint density at radius 3 is 0.872 bits per heavy atom. The van der Waals surface area contributed by atoms with Gasteiger partial charge >= 0.3 is 5.97 Å². The van der Waals surface area contributed by atoms with E-state index >= 15 is 0 Å². The summed E-state index contributed by atoms with van der Waals surface area (Å²) in [6.07, 6.45) is 1.23. The van der Waals surface area contributed by atoms with Crippen molar-refractivity contribution in [2.75, 3.05) is 144 Å². The first-order valence-corrected chi connectivity index (χ1v) is 14.9. The molecule has 0 aromatic rings. The highest BCUT2D eigenvalue weighted by atomic mass is 79.9. The van der Waals surface area contributed by atoms with Gasteiger partial charge in [-0.15, -0.1) is 0 Å². The third-order valence-electron chi connectivity index (χ3n) is 4.51. The van der Waals surface area contributed by atoms with Crippen LogP contribution in [0.4, 0.5) is 0 Å². The summed E-state index contributed by atoms with van der Waals surface area (Å²) in [7, 11) is 0. The van der Waals surface area contributed by atoms with Crippen LogP contribution in [0.1, 0.15) is 19.8 Å². The van der Waals surface area contributed by atoms with E-state index in [1.807, 2.05) is 6.92 Å². The number of alkyl halides is 1. The zero-order valence-electron chi connectivity index (χ0n) is 23.7. The second-order valence-electron chi connectivity index (χ2n) is 7.78. The summed E-state index contributed by atoms with van der Waals surface area (Å²) in [6.45, 7) is 12.6. The topological polar surface area (TPSA) is 119 Å². The number of carbonyl (C=O) groups excluding carboxylic acids is 1. The summed E-state index contributed by atoms with van der Waals surface area (Å²) in [5, 5.41) is 0.836. The molecule has 0 aliphatic carbocycles. The zero-order valence-corrected chi connectivity index (χ0v) is 25.3. The van der Waals surface area contributed by atoms with Crippen LogP contribution in [0.25, 0.3) is 0 Å². The van der Waals surface area contributed by atoms with E-state index in [1.54, 1.807) is 0 Å². The van der Waals surface area contributed by atoms with Crippen LogP contribution in [0.15, 0.2) is 0 Å². The second kappa shape index (κ2) is 35.6. The molecule has 0 N–H and O–H groups in total. The zero-order chi connectivity index (χ0) is 28.3. The van der Waals surface area contributed by atoms with Gasteiger partial charge in [0.25, 0.3) is 0 Å². The molecular formula is C26H51BrO12. The monoisotopic (exact) mass is 634 g/mol. The Hall–Kier alpha value is -0.450. The van der Waals surface area contributed by atoms with E-state index in [1.165, 1.54) is 0 Å². The molecule has 234 valence electrons. The molecule has 0 amide bonds. The molecule has 0 saturated carbocycles. The maximum Gasteiger partial charge on any atom is 0.305 e. The number of esters is 1. The molecular weight excluding hydrogens is 584 g/mol. The van der Waals surface area contributed by atoms with Gasteiger partial charge in [0.2, 0.25) is 0 Å². The molecule has 0 atom stereocenters. The molecule has 0 aromatic carbocycles. The van der Waals surface area contributed by atoms with Crippen LogP contribution < -0.4 is 0 Å². The quantitative estimate of drug-likeness (QED) is 0.0584. The maximum atomic E-state index is 11.2. The minimum atomic E-state index is -0.187. The molecule has 0 saturated heterocycles. The molecule has 0 bridgehead atoms. The number of carbonyl (C=O) groups is 1. The van der Waals surface area contributed by atoms with Crippen molar-refractivity contribution in [3.63, 3.8) is 0 Å². The number of rotatable bonds is 34. The Morgan fingerprint density at radius 2 is 0.641 bits per heavy atom. The Bertz CT molecular complexity index is 476. The average Bonchev–Trinajstić information content (AvgIpc) is 2.94. The molecule has 0 rings (SSSR count). The highest BCUT2D eigenvalue weighted by Crippen LogP contribution is 1.91. The van der Waals surface area contributed by atoms with Crippen molar-refractivity contribution >= 4 is 21.9 Å². The third kappa shape index (κ3) is 35.5. The van der Waals surface area contributed by atoms with E-state index in [-0.39, 0.29) is 12.6 Å². The fourth-order valence-electron chi connectivity index (χ4n) is 2.63. The van der Waals surface area contributed by atoms with E-state index in [9.17, 15) is 4.79 Å². The van der Waals surface area contributed by atoms with Crippen LogP contribution in [0.3, 0.4) is 0 Å². The lowest BCUT2D eigenvalue weighted by Gasteiger charge is -2.09. The Labute approximate surface area is 242 Å². The van der Waals surface area contributed by atoms with Gasteiger partial charge in [0.05, 0.1) is 132 Å². The number of hydrogen-bond acceptors (Lipinski definition) is 12. The number of ether oxygens (including phenoxy) is 11. The summed E-state index contributed by atoms with van der Waals surface area (Å²) in [5.74, 6) is -0.187. The van der Waals surface area contributed by atoms with Crippen LogP contribution >= 0.6 is 15.9 Å². The summed E-state index contributed by atoms with van der Waals surface area (Å²) in [6, 6.07) is 0. The van der Waals surface area contributed by atoms with Gasteiger partial charge < -0.3 is 52.1 Å². The Balaban J connectivity index is 3.04. The average molecular weight is 636 g/mol. The SMILES string of the molecule is CCCC(=O)OCCOCCOCCOCCOCCOCCOCCOCCOCCOCCOCCBr. The first-order valence-electron chi connectivity index (χ1n) is 13.8. The minimum absolute atomic E-state index is 0.187. The van der Waals surface area contributed by atoms with E-state index in [0.717, 1.165) is 11.8 Å². The third-order valence-corrected chi connectivity index (χ3v) is 4.84. The predicted molar refractivity (Wildman–Crippen MR) is 148 cm³/mol. The van der Waals surface area contributed by atoms with E-state index in [4.69, 9.17) is 52.1 Å². The van der Waals surface area contributed by atoms with Crippen LogP contribution in [0.5, 0.6) is 0 Å². The fourth-order valence-corrected chi connectivity index (χ4v) is 2.86.